The molecule has 19 heavy (non-hydrogen) atoms. The second-order valence-electron chi connectivity index (χ2n) is 5.15. The van der Waals surface area contributed by atoms with Gasteiger partial charge in [-0.05, 0) is 33.1 Å². The van der Waals surface area contributed by atoms with Gasteiger partial charge in [0, 0.05) is 38.0 Å². The Morgan fingerprint density at radius 2 is 2.16 bits per heavy atom. The first-order valence-corrected chi connectivity index (χ1v) is 9.62. The van der Waals surface area contributed by atoms with Crippen molar-refractivity contribution in [2.75, 3.05) is 39.2 Å². The molecule has 1 aliphatic heterocycles. The number of thioether (sulfide) groups is 1. The van der Waals surface area contributed by atoms with Gasteiger partial charge in [-0.3, -0.25) is 0 Å². The molecule has 7 heteroatoms. The SMILES string of the molecule is CNCC1CCCCN1S(=O)(=O)N(C)C(C)CSC. The summed E-state index contributed by atoms with van der Waals surface area (Å²) in [6.07, 6.45) is 5.03. The highest BCUT2D eigenvalue weighted by Gasteiger charge is 2.36. The number of nitrogens with zero attached hydrogens (tertiary/aromatic N) is 2. The molecule has 0 saturated carbocycles. The van der Waals surface area contributed by atoms with Crippen molar-refractivity contribution in [2.45, 2.75) is 38.3 Å². The van der Waals surface area contributed by atoms with E-state index in [9.17, 15) is 8.42 Å². The number of likely N-dealkylation sites (N-methyl/N-ethyl adjacent to an activating group) is 1. The van der Waals surface area contributed by atoms with Gasteiger partial charge in [0.25, 0.3) is 10.2 Å². The molecule has 1 N–H and O–H groups in total. The minimum Gasteiger partial charge on any atom is -0.318 e. The average Bonchev–Trinajstić information content (AvgIpc) is 2.39. The molecule has 5 nitrogen and oxygen atoms in total. The van der Waals surface area contributed by atoms with Crippen LogP contribution in [0.15, 0.2) is 0 Å². The molecule has 114 valence electrons. The Kier molecular flexibility index (Phi) is 7.10. The quantitative estimate of drug-likeness (QED) is 0.762. The summed E-state index contributed by atoms with van der Waals surface area (Å²) in [7, 11) is 0.229. The molecule has 1 heterocycles. The highest BCUT2D eigenvalue weighted by Crippen LogP contribution is 2.23. The lowest BCUT2D eigenvalue weighted by Gasteiger charge is -2.38. The smallest absolute Gasteiger partial charge is 0.282 e. The van der Waals surface area contributed by atoms with Crippen LogP contribution in [0.4, 0.5) is 0 Å². The minimum atomic E-state index is -3.34. The molecular formula is C12H27N3O2S2. The standard InChI is InChI=1S/C12H27N3O2S2/c1-11(10-18-4)14(3)19(16,17)15-8-6-5-7-12(15)9-13-2/h11-13H,5-10H2,1-4H3. The predicted octanol–water partition coefficient (Wildman–Crippen LogP) is 0.988. The van der Waals surface area contributed by atoms with Crippen LogP contribution >= 0.6 is 11.8 Å². The molecule has 0 radical (unpaired) electrons. The third-order valence-electron chi connectivity index (χ3n) is 3.70. The molecule has 0 aromatic carbocycles. The van der Waals surface area contributed by atoms with Gasteiger partial charge in [0.2, 0.25) is 0 Å². The van der Waals surface area contributed by atoms with E-state index in [0.29, 0.717) is 6.54 Å². The number of hydrogen-bond acceptors (Lipinski definition) is 4. The maximum Gasteiger partial charge on any atom is 0.282 e. The molecule has 0 bridgehead atoms. The topological polar surface area (TPSA) is 52.7 Å². The first-order chi connectivity index (χ1) is 8.95. The summed E-state index contributed by atoms with van der Waals surface area (Å²) in [5.41, 5.74) is 0. The predicted molar refractivity (Wildman–Crippen MR) is 82.8 cm³/mol. The summed E-state index contributed by atoms with van der Waals surface area (Å²) in [5.74, 6) is 0.820. The van der Waals surface area contributed by atoms with Crippen LogP contribution in [0.2, 0.25) is 0 Å². The third-order valence-corrected chi connectivity index (χ3v) is 6.68. The molecule has 0 spiro atoms. The van der Waals surface area contributed by atoms with E-state index in [1.54, 1.807) is 23.1 Å². The minimum absolute atomic E-state index is 0.0252. The second-order valence-corrected chi connectivity index (χ2v) is 8.00. The molecule has 0 aromatic rings. The van der Waals surface area contributed by atoms with Crippen LogP contribution in [0.25, 0.3) is 0 Å². The summed E-state index contributed by atoms with van der Waals surface area (Å²) in [4.78, 5) is 0. The Morgan fingerprint density at radius 3 is 2.74 bits per heavy atom. The number of rotatable bonds is 7. The Bertz CT molecular complexity index is 360. The Balaban J connectivity index is 2.83. The Labute approximate surface area is 122 Å². The van der Waals surface area contributed by atoms with Gasteiger partial charge in [0.15, 0.2) is 0 Å². The maximum atomic E-state index is 12.7. The number of hydrogen-bond donors (Lipinski definition) is 1. The van der Waals surface area contributed by atoms with Crippen molar-refractivity contribution in [2.24, 2.45) is 0 Å². The van der Waals surface area contributed by atoms with Crippen molar-refractivity contribution < 1.29 is 8.42 Å². The molecule has 1 fully saturated rings. The second kappa shape index (κ2) is 7.83. The third kappa shape index (κ3) is 4.32. The van der Waals surface area contributed by atoms with E-state index in [0.717, 1.165) is 31.6 Å². The Hall–Kier alpha value is 0.180. The summed E-state index contributed by atoms with van der Waals surface area (Å²) >= 11 is 1.67. The van der Waals surface area contributed by atoms with Crippen LogP contribution in [-0.2, 0) is 10.2 Å². The van der Waals surface area contributed by atoms with Gasteiger partial charge in [0.1, 0.15) is 0 Å². The van der Waals surface area contributed by atoms with E-state index in [2.05, 4.69) is 5.32 Å². The normalized spacial score (nSPS) is 23.7. The fourth-order valence-corrected chi connectivity index (χ4v) is 5.03. The lowest BCUT2D eigenvalue weighted by Crippen LogP contribution is -2.54. The first-order valence-electron chi connectivity index (χ1n) is 6.83. The van der Waals surface area contributed by atoms with Crippen LogP contribution in [0.5, 0.6) is 0 Å². The number of nitrogens with one attached hydrogen (secondary N) is 1. The van der Waals surface area contributed by atoms with E-state index in [-0.39, 0.29) is 12.1 Å². The zero-order chi connectivity index (χ0) is 14.5. The van der Waals surface area contributed by atoms with E-state index < -0.39 is 10.2 Å². The zero-order valence-corrected chi connectivity index (χ0v) is 14.1. The molecule has 0 aliphatic carbocycles. The van der Waals surface area contributed by atoms with Crippen LogP contribution in [0.1, 0.15) is 26.2 Å². The van der Waals surface area contributed by atoms with Gasteiger partial charge >= 0.3 is 0 Å². The summed E-state index contributed by atoms with van der Waals surface area (Å²) < 4.78 is 28.6. The Morgan fingerprint density at radius 1 is 1.47 bits per heavy atom. The average molecular weight is 310 g/mol. The molecule has 1 saturated heterocycles. The van der Waals surface area contributed by atoms with E-state index in [1.165, 1.54) is 4.31 Å². The van der Waals surface area contributed by atoms with Crippen molar-refractivity contribution in [1.29, 1.82) is 0 Å². The monoisotopic (exact) mass is 309 g/mol. The summed E-state index contributed by atoms with van der Waals surface area (Å²) in [6, 6.07) is 0.116. The van der Waals surface area contributed by atoms with Gasteiger partial charge in [0.05, 0.1) is 0 Å². The number of piperidine rings is 1. The van der Waals surface area contributed by atoms with Crippen molar-refractivity contribution >= 4 is 22.0 Å². The zero-order valence-electron chi connectivity index (χ0n) is 12.4. The lowest BCUT2D eigenvalue weighted by atomic mass is 10.1. The highest BCUT2D eigenvalue weighted by molar-refractivity contribution is 7.98. The molecule has 1 rings (SSSR count). The molecule has 0 aromatic heterocycles. The van der Waals surface area contributed by atoms with Crippen molar-refractivity contribution in [3.63, 3.8) is 0 Å². The molecule has 0 amide bonds. The van der Waals surface area contributed by atoms with Gasteiger partial charge in [-0.25, -0.2) is 0 Å². The van der Waals surface area contributed by atoms with Gasteiger partial charge < -0.3 is 5.32 Å². The molecule has 2 atom stereocenters. The van der Waals surface area contributed by atoms with Crippen LogP contribution in [0, 0.1) is 0 Å². The maximum absolute atomic E-state index is 12.7. The first kappa shape index (κ1) is 17.2. The van der Waals surface area contributed by atoms with Crippen LogP contribution in [-0.4, -0.2) is 68.3 Å². The van der Waals surface area contributed by atoms with Gasteiger partial charge in [-0.1, -0.05) is 6.42 Å². The molecule has 2 unspecified atom stereocenters. The van der Waals surface area contributed by atoms with Crippen molar-refractivity contribution in [3.8, 4) is 0 Å². The molecule has 1 aliphatic rings. The fraction of sp³-hybridized carbons (Fsp3) is 1.00. The van der Waals surface area contributed by atoms with Crippen molar-refractivity contribution in [1.82, 2.24) is 13.9 Å². The van der Waals surface area contributed by atoms with Gasteiger partial charge in [-0.15, -0.1) is 0 Å². The van der Waals surface area contributed by atoms with Crippen LogP contribution < -0.4 is 5.32 Å². The van der Waals surface area contributed by atoms with E-state index >= 15 is 0 Å². The van der Waals surface area contributed by atoms with Crippen molar-refractivity contribution in [3.05, 3.63) is 0 Å². The highest BCUT2D eigenvalue weighted by atomic mass is 32.2. The fourth-order valence-electron chi connectivity index (χ4n) is 2.46. The van der Waals surface area contributed by atoms with Gasteiger partial charge in [-0.2, -0.15) is 28.8 Å². The summed E-state index contributed by atoms with van der Waals surface area (Å²) in [6.45, 7) is 3.33. The summed E-state index contributed by atoms with van der Waals surface area (Å²) in [5, 5.41) is 3.10. The van der Waals surface area contributed by atoms with E-state index in [4.69, 9.17) is 0 Å². The van der Waals surface area contributed by atoms with E-state index in [1.807, 2.05) is 20.2 Å². The largest absolute Gasteiger partial charge is 0.318 e. The van der Waals surface area contributed by atoms with Crippen LogP contribution in [0.3, 0.4) is 0 Å². The molecular weight excluding hydrogens is 282 g/mol. The lowest BCUT2D eigenvalue weighted by molar-refractivity contribution is 0.228.